The van der Waals surface area contributed by atoms with Gasteiger partial charge in [0, 0.05) is 12.5 Å². The van der Waals surface area contributed by atoms with E-state index in [1.165, 1.54) is 0 Å². The van der Waals surface area contributed by atoms with Crippen LogP contribution >= 0.6 is 0 Å². The molecule has 4 nitrogen and oxygen atoms in total. The topological polar surface area (TPSA) is 59.7 Å². The Labute approximate surface area is 105 Å². The van der Waals surface area contributed by atoms with Gasteiger partial charge in [-0.1, -0.05) is 18.2 Å². The van der Waals surface area contributed by atoms with Gasteiger partial charge in [0.1, 0.15) is 11.5 Å². The molecule has 0 saturated heterocycles. The van der Waals surface area contributed by atoms with Crippen molar-refractivity contribution in [2.45, 2.75) is 19.8 Å². The van der Waals surface area contributed by atoms with Gasteiger partial charge in [-0.25, -0.2) is 0 Å². The summed E-state index contributed by atoms with van der Waals surface area (Å²) in [7, 11) is 0. The fourth-order valence-electron chi connectivity index (χ4n) is 1.56. The predicted octanol–water partition coefficient (Wildman–Crippen LogP) is 3.40. The number of hydrogen-bond acceptors (Lipinski definition) is 3. The van der Waals surface area contributed by atoms with Crippen LogP contribution in [0, 0.1) is 6.92 Å². The molecule has 1 aromatic heterocycles. The standard InChI is InChI=1S/C14H14O4/c1-10-4-2-3-5-12(10)18-14-9-7-11(17-14)6-8-13(15)16/h2-5,7,9H,6,8H2,1H3,(H,15,16). The number of carbonyl (C=O) groups is 1. The molecule has 0 aliphatic rings. The molecule has 1 aromatic carbocycles. The summed E-state index contributed by atoms with van der Waals surface area (Å²) in [5.41, 5.74) is 1.01. The molecule has 4 heteroatoms. The second kappa shape index (κ2) is 5.40. The van der Waals surface area contributed by atoms with Crippen molar-refractivity contribution >= 4 is 5.97 Å². The number of hydrogen-bond donors (Lipinski definition) is 1. The monoisotopic (exact) mass is 246 g/mol. The third kappa shape index (κ3) is 3.13. The number of ether oxygens (including phenoxy) is 1. The Morgan fingerprint density at radius 2 is 2.06 bits per heavy atom. The molecule has 2 rings (SSSR count). The average Bonchev–Trinajstić information content (AvgIpc) is 2.77. The van der Waals surface area contributed by atoms with Gasteiger partial charge in [-0.05, 0) is 24.6 Å². The van der Waals surface area contributed by atoms with Crippen LogP contribution in [0.3, 0.4) is 0 Å². The molecule has 2 aromatic rings. The molecule has 0 unspecified atom stereocenters. The molecule has 0 spiro atoms. The van der Waals surface area contributed by atoms with Crippen LogP contribution in [0.5, 0.6) is 11.7 Å². The Kier molecular flexibility index (Phi) is 3.67. The summed E-state index contributed by atoms with van der Waals surface area (Å²) in [5, 5.41) is 8.58. The molecule has 0 aliphatic heterocycles. The highest BCUT2D eigenvalue weighted by Crippen LogP contribution is 2.26. The summed E-state index contributed by atoms with van der Waals surface area (Å²) in [6.45, 7) is 1.95. The highest BCUT2D eigenvalue weighted by Gasteiger charge is 2.07. The number of carboxylic acids is 1. The summed E-state index contributed by atoms with van der Waals surface area (Å²) in [6, 6.07) is 11.1. The lowest BCUT2D eigenvalue weighted by Crippen LogP contribution is -1.96. The lowest BCUT2D eigenvalue weighted by Gasteiger charge is -2.04. The molecular weight excluding hydrogens is 232 g/mol. The molecule has 0 atom stereocenters. The summed E-state index contributed by atoms with van der Waals surface area (Å²) in [6.07, 6.45) is 0.420. The van der Waals surface area contributed by atoms with Crippen LogP contribution in [0.25, 0.3) is 0 Å². The fraction of sp³-hybridized carbons (Fsp3) is 0.214. The lowest BCUT2D eigenvalue weighted by atomic mass is 10.2. The van der Waals surface area contributed by atoms with Crippen molar-refractivity contribution < 1.29 is 19.1 Å². The average molecular weight is 246 g/mol. The zero-order valence-electron chi connectivity index (χ0n) is 10.1. The second-order valence-electron chi connectivity index (χ2n) is 3.98. The minimum absolute atomic E-state index is 0.0529. The van der Waals surface area contributed by atoms with Crippen molar-refractivity contribution in [3.8, 4) is 11.7 Å². The first-order valence-electron chi connectivity index (χ1n) is 5.69. The Bertz CT molecular complexity index is 542. The van der Waals surface area contributed by atoms with Crippen LogP contribution in [-0.4, -0.2) is 11.1 Å². The largest absolute Gasteiger partial charge is 0.481 e. The highest BCUT2D eigenvalue weighted by atomic mass is 16.6. The summed E-state index contributed by atoms with van der Waals surface area (Å²) >= 11 is 0. The van der Waals surface area contributed by atoms with Crippen molar-refractivity contribution in [2.75, 3.05) is 0 Å². The minimum atomic E-state index is -0.840. The van der Waals surface area contributed by atoms with Crippen molar-refractivity contribution in [3.63, 3.8) is 0 Å². The number of benzene rings is 1. The Morgan fingerprint density at radius 1 is 1.28 bits per heavy atom. The smallest absolute Gasteiger partial charge is 0.303 e. The van der Waals surface area contributed by atoms with Crippen LogP contribution in [0.15, 0.2) is 40.8 Å². The molecule has 0 radical (unpaired) electrons. The van der Waals surface area contributed by atoms with E-state index in [9.17, 15) is 4.79 Å². The Morgan fingerprint density at radius 3 is 2.78 bits per heavy atom. The summed E-state index contributed by atoms with van der Waals surface area (Å²) < 4.78 is 11.0. The van der Waals surface area contributed by atoms with E-state index in [1.54, 1.807) is 12.1 Å². The number of furan rings is 1. The maximum atomic E-state index is 10.4. The first-order valence-corrected chi connectivity index (χ1v) is 5.69. The first-order chi connectivity index (χ1) is 8.65. The van der Waals surface area contributed by atoms with E-state index in [2.05, 4.69) is 0 Å². The SMILES string of the molecule is Cc1ccccc1Oc1ccc(CCC(=O)O)o1. The number of aliphatic carboxylic acids is 1. The van der Waals surface area contributed by atoms with Crippen LogP contribution in [-0.2, 0) is 11.2 Å². The minimum Gasteiger partial charge on any atom is -0.481 e. The Hall–Kier alpha value is -2.23. The van der Waals surface area contributed by atoms with E-state index in [0.29, 0.717) is 18.1 Å². The van der Waals surface area contributed by atoms with Gasteiger partial charge in [-0.3, -0.25) is 4.79 Å². The number of para-hydroxylation sites is 1. The van der Waals surface area contributed by atoms with Gasteiger partial charge in [0.15, 0.2) is 0 Å². The number of rotatable bonds is 5. The summed E-state index contributed by atoms with van der Waals surface area (Å²) in [4.78, 5) is 10.4. The third-order valence-corrected chi connectivity index (χ3v) is 2.53. The van der Waals surface area contributed by atoms with Crippen molar-refractivity contribution in [3.05, 3.63) is 47.7 Å². The van der Waals surface area contributed by atoms with Gasteiger partial charge in [0.2, 0.25) is 0 Å². The van der Waals surface area contributed by atoms with E-state index < -0.39 is 5.97 Å². The molecule has 1 N–H and O–H groups in total. The van der Waals surface area contributed by atoms with Crippen LogP contribution in [0.2, 0.25) is 0 Å². The Balaban J connectivity index is 2.02. The zero-order valence-corrected chi connectivity index (χ0v) is 10.1. The zero-order chi connectivity index (χ0) is 13.0. The van der Waals surface area contributed by atoms with E-state index in [4.69, 9.17) is 14.3 Å². The molecule has 0 amide bonds. The third-order valence-electron chi connectivity index (χ3n) is 2.53. The van der Waals surface area contributed by atoms with Gasteiger partial charge in [0.25, 0.3) is 5.95 Å². The predicted molar refractivity (Wildman–Crippen MR) is 65.9 cm³/mol. The molecule has 0 bridgehead atoms. The quantitative estimate of drug-likeness (QED) is 0.878. The van der Waals surface area contributed by atoms with Crippen molar-refractivity contribution in [2.24, 2.45) is 0 Å². The molecule has 0 saturated carbocycles. The van der Waals surface area contributed by atoms with Crippen LogP contribution in [0.1, 0.15) is 17.7 Å². The molecule has 0 aliphatic carbocycles. The van der Waals surface area contributed by atoms with Gasteiger partial charge < -0.3 is 14.3 Å². The number of aryl methyl sites for hydroxylation is 2. The van der Waals surface area contributed by atoms with Gasteiger partial charge in [-0.15, -0.1) is 0 Å². The van der Waals surface area contributed by atoms with Gasteiger partial charge in [-0.2, -0.15) is 0 Å². The molecule has 18 heavy (non-hydrogen) atoms. The molecule has 0 fully saturated rings. The van der Waals surface area contributed by atoms with Gasteiger partial charge >= 0.3 is 5.97 Å². The van der Waals surface area contributed by atoms with Gasteiger partial charge in [0.05, 0.1) is 6.42 Å². The van der Waals surface area contributed by atoms with Crippen LogP contribution < -0.4 is 4.74 Å². The second-order valence-corrected chi connectivity index (χ2v) is 3.98. The summed E-state index contributed by atoms with van der Waals surface area (Å²) in [5.74, 6) is 0.884. The van der Waals surface area contributed by atoms with E-state index in [0.717, 1.165) is 11.3 Å². The maximum Gasteiger partial charge on any atom is 0.303 e. The first kappa shape index (κ1) is 12.2. The maximum absolute atomic E-state index is 10.4. The lowest BCUT2D eigenvalue weighted by molar-refractivity contribution is -0.137. The number of carboxylic acid groups (broad SMARTS) is 1. The van der Waals surface area contributed by atoms with Crippen molar-refractivity contribution in [1.82, 2.24) is 0 Å². The fourth-order valence-corrected chi connectivity index (χ4v) is 1.56. The van der Waals surface area contributed by atoms with Crippen molar-refractivity contribution in [1.29, 1.82) is 0 Å². The van der Waals surface area contributed by atoms with E-state index >= 15 is 0 Å². The normalized spacial score (nSPS) is 10.3. The van der Waals surface area contributed by atoms with E-state index in [-0.39, 0.29) is 6.42 Å². The van der Waals surface area contributed by atoms with E-state index in [1.807, 2.05) is 31.2 Å². The highest BCUT2D eigenvalue weighted by molar-refractivity contribution is 5.66. The molecule has 1 heterocycles. The molecular formula is C14H14O4. The van der Waals surface area contributed by atoms with Crippen LogP contribution in [0.4, 0.5) is 0 Å². The molecule has 94 valence electrons.